The summed E-state index contributed by atoms with van der Waals surface area (Å²) < 4.78 is 0. The second-order valence-corrected chi connectivity index (χ2v) is 4.42. The minimum absolute atomic E-state index is 0.662. The van der Waals surface area contributed by atoms with Crippen LogP contribution in [-0.2, 0) is 0 Å². The molecule has 1 aromatic rings. The van der Waals surface area contributed by atoms with Crippen LogP contribution in [0.5, 0.6) is 0 Å². The Kier molecular flexibility index (Phi) is 4.44. The summed E-state index contributed by atoms with van der Waals surface area (Å²) in [6.45, 7) is 7.92. The lowest BCUT2D eigenvalue weighted by atomic mass is 9.99. The van der Waals surface area contributed by atoms with Gasteiger partial charge in [0.25, 0.3) is 0 Å². The first kappa shape index (κ1) is 12.4. The lowest BCUT2D eigenvalue weighted by molar-refractivity contribution is 1.23. The van der Waals surface area contributed by atoms with Gasteiger partial charge in [-0.05, 0) is 43.5 Å². The van der Waals surface area contributed by atoms with Crippen LogP contribution >= 0.6 is 23.2 Å². The molecule has 0 radical (unpaired) electrons. The van der Waals surface area contributed by atoms with Crippen molar-refractivity contribution in [1.29, 1.82) is 0 Å². The summed E-state index contributed by atoms with van der Waals surface area (Å²) in [6.07, 6.45) is 2.90. The third-order valence-electron chi connectivity index (χ3n) is 2.12. The van der Waals surface area contributed by atoms with Crippen molar-refractivity contribution in [1.82, 2.24) is 0 Å². The first-order valence-electron chi connectivity index (χ1n) is 4.79. The molecule has 0 heterocycles. The molecular weight excluding hydrogens is 227 g/mol. The molecule has 0 N–H and O–H groups in total. The predicted molar refractivity (Wildman–Crippen MR) is 69.5 cm³/mol. The smallest absolute Gasteiger partial charge is 0.0495 e. The highest BCUT2D eigenvalue weighted by atomic mass is 35.5. The molecule has 0 aliphatic carbocycles. The first-order valence-corrected chi connectivity index (χ1v) is 5.55. The molecule has 0 atom stereocenters. The van der Waals surface area contributed by atoms with Crippen molar-refractivity contribution in [3.05, 3.63) is 52.0 Å². The van der Waals surface area contributed by atoms with Gasteiger partial charge in [0.1, 0.15) is 0 Å². The van der Waals surface area contributed by atoms with Crippen molar-refractivity contribution >= 4 is 28.8 Å². The van der Waals surface area contributed by atoms with E-state index in [1.165, 1.54) is 5.57 Å². The summed E-state index contributed by atoms with van der Waals surface area (Å²) in [5.41, 5.74) is 3.34. The first-order chi connectivity index (χ1) is 7.04. The van der Waals surface area contributed by atoms with Crippen LogP contribution in [0.2, 0.25) is 10.0 Å². The minimum atomic E-state index is 0.662. The van der Waals surface area contributed by atoms with Gasteiger partial charge < -0.3 is 0 Å². The van der Waals surface area contributed by atoms with Crippen LogP contribution in [0.25, 0.3) is 5.57 Å². The van der Waals surface area contributed by atoms with E-state index in [0.29, 0.717) is 10.0 Å². The monoisotopic (exact) mass is 240 g/mol. The van der Waals surface area contributed by atoms with Crippen LogP contribution in [0.1, 0.15) is 25.8 Å². The molecule has 0 unspecified atom stereocenters. The van der Waals surface area contributed by atoms with Gasteiger partial charge in [-0.25, -0.2) is 0 Å². The van der Waals surface area contributed by atoms with E-state index in [0.717, 1.165) is 17.6 Å². The van der Waals surface area contributed by atoms with Crippen LogP contribution < -0.4 is 0 Å². The Bertz CT molecular complexity index is 403. The molecule has 0 aromatic heterocycles. The molecular formula is C13H14Cl2. The van der Waals surface area contributed by atoms with Crippen LogP contribution in [-0.4, -0.2) is 0 Å². The quantitative estimate of drug-likeness (QED) is 0.624. The zero-order valence-corrected chi connectivity index (χ0v) is 10.5. The zero-order valence-electron chi connectivity index (χ0n) is 8.98. The van der Waals surface area contributed by atoms with E-state index >= 15 is 0 Å². The number of allylic oxidation sites excluding steroid dienone is 3. The van der Waals surface area contributed by atoms with Crippen LogP contribution in [0.3, 0.4) is 0 Å². The van der Waals surface area contributed by atoms with Gasteiger partial charge in [0, 0.05) is 10.0 Å². The summed E-state index contributed by atoms with van der Waals surface area (Å²) in [5.74, 6) is 0. The Morgan fingerprint density at radius 1 is 1.40 bits per heavy atom. The molecule has 0 nitrogen and oxygen atoms in total. The lowest BCUT2D eigenvalue weighted by Crippen LogP contribution is -1.87. The molecule has 1 aromatic carbocycles. The van der Waals surface area contributed by atoms with Gasteiger partial charge in [-0.2, -0.15) is 0 Å². The third kappa shape index (κ3) is 3.40. The number of halogens is 2. The van der Waals surface area contributed by atoms with E-state index in [-0.39, 0.29) is 0 Å². The fourth-order valence-electron chi connectivity index (χ4n) is 1.43. The van der Waals surface area contributed by atoms with Gasteiger partial charge in [0.05, 0.1) is 0 Å². The molecule has 15 heavy (non-hydrogen) atoms. The molecule has 0 aliphatic rings. The maximum Gasteiger partial charge on any atom is 0.0495 e. The van der Waals surface area contributed by atoms with Crippen LogP contribution in [0.4, 0.5) is 0 Å². The van der Waals surface area contributed by atoms with Gasteiger partial charge in [-0.1, -0.05) is 47.5 Å². The van der Waals surface area contributed by atoms with Crippen molar-refractivity contribution < 1.29 is 0 Å². The van der Waals surface area contributed by atoms with Crippen molar-refractivity contribution in [2.75, 3.05) is 0 Å². The second-order valence-electron chi connectivity index (χ2n) is 3.57. The largest absolute Gasteiger partial charge is 0.0998 e. The highest BCUT2D eigenvalue weighted by Gasteiger charge is 2.06. The van der Waals surface area contributed by atoms with E-state index in [4.69, 9.17) is 23.2 Å². The minimum Gasteiger partial charge on any atom is -0.0998 e. The fourth-order valence-corrected chi connectivity index (χ4v) is 1.96. The number of rotatable bonds is 3. The molecule has 0 fully saturated rings. The van der Waals surface area contributed by atoms with Gasteiger partial charge in [-0.3, -0.25) is 0 Å². The Morgan fingerprint density at radius 3 is 2.53 bits per heavy atom. The average Bonchev–Trinajstić information content (AvgIpc) is 2.14. The van der Waals surface area contributed by atoms with Crippen LogP contribution in [0, 0.1) is 0 Å². The van der Waals surface area contributed by atoms with E-state index in [2.05, 4.69) is 12.7 Å². The van der Waals surface area contributed by atoms with Crippen molar-refractivity contribution in [2.24, 2.45) is 0 Å². The highest BCUT2D eigenvalue weighted by molar-refractivity contribution is 6.35. The normalized spacial score (nSPS) is 11.6. The summed E-state index contributed by atoms with van der Waals surface area (Å²) in [6, 6.07) is 5.56. The maximum atomic E-state index is 6.13. The Morgan fingerprint density at radius 2 is 2.07 bits per heavy atom. The predicted octanol–water partition coefficient (Wildman–Crippen LogP) is 5.36. The average molecular weight is 241 g/mol. The van der Waals surface area contributed by atoms with Crippen molar-refractivity contribution in [3.8, 4) is 0 Å². The van der Waals surface area contributed by atoms with E-state index in [1.807, 2.05) is 26.0 Å². The molecule has 0 bridgehead atoms. The summed E-state index contributed by atoms with van der Waals surface area (Å²) >= 11 is 12.0. The van der Waals surface area contributed by atoms with Crippen molar-refractivity contribution in [2.45, 2.75) is 20.3 Å². The number of hydrogen-bond donors (Lipinski definition) is 0. The second kappa shape index (κ2) is 5.39. The summed E-state index contributed by atoms with van der Waals surface area (Å²) in [4.78, 5) is 0. The third-order valence-corrected chi connectivity index (χ3v) is 2.67. The zero-order chi connectivity index (χ0) is 11.4. The van der Waals surface area contributed by atoms with E-state index in [9.17, 15) is 0 Å². The highest BCUT2D eigenvalue weighted by Crippen LogP contribution is 2.30. The summed E-state index contributed by atoms with van der Waals surface area (Å²) in [7, 11) is 0. The Labute approximate surface area is 101 Å². The fraction of sp³-hybridized carbons (Fsp3) is 0.231. The van der Waals surface area contributed by atoms with Gasteiger partial charge in [0.2, 0.25) is 0 Å². The molecule has 0 saturated heterocycles. The van der Waals surface area contributed by atoms with Gasteiger partial charge in [0.15, 0.2) is 0 Å². The number of benzene rings is 1. The van der Waals surface area contributed by atoms with Crippen LogP contribution in [0.15, 0.2) is 36.4 Å². The van der Waals surface area contributed by atoms with E-state index < -0.39 is 0 Å². The number of hydrogen-bond acceptors (Lipinski definition) is 0. The molecule has 0 saturated carbocycles. The van der Waals surface area contributed by atoms with Gasteiger partial charge in [-0.15, -0.1) is 0 Å². The SMILES string of the molecule is C=C(C)C/C(=C\C)c1ccc(Cl)cc1Cl. The lowest BCUT2D eigenvalue weighted by Gasteiger charge is -2.09. The van der Waals surface area contributed by atoms with Crippen molar-refractivity contribution in [3.63, 3.8) is 0 Å². The Balaban J connectivity index is 3.08. The Hall–Kier alpha value is -0.720. The maximum absolute atomic E-state index is 6.13. The molecule has 1 rings (SSSR count). The molecule has 2 heteroatoms. The molecule has 80 valence electrons. The molecule has 0 amide bonds. The molecule has 0 spiro atoms. The summed E-state index contributed by atoms with van der Waals surface area (Å²) in [5, 5.41) is 1.35. The van der Waals surface area contributed by atoms with E-state index in [1.54, 1.807) is 6.07 Å². The van der Waals surface area contributed by atoms with Gasteiger partial charge >= 0.3 is 0 Å². The standard InChI is InChI=1S/C13H14Cl2/c1-4-10(7-9(2)3)12-6-5-11(14)8-13(12)15/h4-6,8H,2,7H2,1,3H3/b10-4+. The molecule has 0 aliphatic heterocycles. The topological polar surface area (TPSA) is 0 Å².